The van der Waals surface area contributed by atoms with Crippen LogP contribution in [0, 0.1) is 6.92 Å². The number of rotatable bonds is 6. The van der Waals surface area contributed by atoms with Crippen LogP contribution in [0.2, 0.25) is 0 Å². The van der Waals surface area contributed by atoms with E-state index in [1.165, 1.54) is 16.7 Å². The summed E-state index contributed by atoms with van der Waals surface area (Å²) in [6.45, 7) is 2.35. The number of thioether (sulfide) groups is 1. The van der Waals surface area contributed by atoms with Gasteiger partial charge in [0.25, 0.3) is 5.91 Å². The molecule has 1 atom stereocenters. The lowest BCUT2D eigenvalue weighted by molar-refractivity contribution is -0.125. The molecule has 3 aromatic rings. The summed E-state index contributed by atoms with van der Waals surface area (Å²) in [4.78, 5) is 41.8. The first-order valence-electron chi connectivity index (χ1n) is 11.3. The number of anilines is 2. The lowest BCUT2D eigenvalue weighted by Gasteiger charge is -2.33. The molecule has 1 spiro atoms. The Balaban J connectivity index is 1.41. The summed E-state index contributed by atoms with van der Waals surface area (Å²) in [6, 6.07) is 25.0. The summed E-state index contributed by atoms with van der Waals surface area (Å²) < 4.78 is 0. The van der Waals surface area contributed by atoms with Crippen molar-refractivity contribution in [2.45, 2.75) is 18.2 Å². The maximum atomic E-state index is 14.0. The Morgan fingerprint density at radius 1 is 1.00 bits per heavy atom. The van der Waals surface area contributed by atoms with Crippen molar-refractivity contribution in [2.75, 3.05) is 28.6 Å². The summed E-state index contributed by atoms with van der Waals surface area (Å²) in [5.74, 6) is -0.407. The molecule has 2 aliphatic heterocycles. The van der Waals surface area contributed by atoms with E-state index < -0.39 is 4.87 Å². The van der Waals surface area contributed by atoms with Gasteiger partial charge < -0.3 is 5.32 Å². The number of amides is 3. The van der Waals surface area contributed by atoms with Crippen LogP contribution in [0.5, 0.6) is 0 Å². The molecule has 0 aromatic heterocycles. The summed E-state index contributed by atoms with van der Waals surface area (Å²) in [5, 5.41) is 2.93. The number of nitrogens with one attached hydrogen (secondary N) is 1. The third-order valence-electron chi connectivity index (χ3n) is 6.20. The molecule has 172 valence electrons. The molecule has 34 heavy (non-hydrogen) atoms. The van der Waals surface area contributed by atoms with Gasteiger partial charge >= 0.3 is 0 Å². The number of hydrogen-bond acceptors (Lipinski definition) is 4. The van der Waals surface area contributed by atoms with Gasteiger partial charge in [0.1, 0.15) is 6.54 Å². The minimum Gasteiger partial charge on any atom is -0.354 e. The lowest BCUT2D eigenvalue weighted by Crippen LogP contribution is -2.51. The van der Waals surface area contributed by atoms with E-state index in [4.69, 9.17) is 0 Å². The average Bonchev–Trinajstić information content (AvgIpc) is 3.31. The second-order valence-corrected chi connectivity index (χ2v) is 9.66. The summed E-state index contributed by atoms with van der Waals surface area (Å²) in [6.07, 6.45) is 0.715. The summed E-state index contributed by atoms with van der Waals surface area (Å²) in [5.41, 5.74) is 4.25. The Morgan fingerprint density at radius 3 is 2.56 bits per heavy atom. The number of carbonyl (C=O) groups excluding carboxylic acids is 3. The zero-order chi connectivity index (χ0) is 23.7. The molecule has 0 saturated carbocycles. The van der Waals surface area contributed by atoms with Gasteiger partial charge in [-0.2, -0.15) is 0 Å². The van der Waals surface area contributed by atoms with Gasteiger partial charge in [0.05, 0.1) is 11.4 Å². The van der Waals surface area contributed by atoms with Crippen LogP contribution in [0.3, 0.4) is 0 Å². The molecule has 2 aliphatic rings. The lowest BCUT2D eigenvalue weighted by atomic mass is 10.0. The second-order valence-electron chi connectivity index (χ2n) is 8.49. The van der Waals surface area contributed by atoms with E-state index in [0.717, 1.165) is 16.7 Å². The molecule has 0 bridgehead atoms. The van der Waals surface area contributed by atoms with Crippen molar-refractivity contribution in [3.8, 4) is 0 Å². The molecule has 7 heteroatoms. The SMILES string of the molecule is Cc1cccc(N2C(=O)CS[C@@]23C(=O)N(CC(=O)NCCc2ccccc2)c2ccccc23)c1. The van der Waals surface area contributed by atoms with Gasteiger partial charge in [-0.3, -0.25) is 24.2 Å². The van der Waals surface area contributed by atoms with Crippen LogP contribution in [0.15, 0.2) is 78.9 Å². The second kappa shape index (κ2) is 8.99. The molecular formula is C27H25N3O3S. The Bertz CT molecular complexity index is 1260. The van der Waals surface area contributed by atoms with Gasteiger partial charge in [0.15, 0.2) is 0 Å². The zero-order valence-electron chi connectivity index (χ0n) is 18.9. The van der Waals surface area contributed by atoms with E-state index in [2.05, 4.69) is 5.32 Å². The summed E-state index contributed by atoms with van der Waals surface area (Å²) in [7, 11) is 0. The maximum Gasteiger partial charge on any atom is 0.269 e. The zero-order valence-corrected chi connectivity index (χ0v) is 19.7. The smallest absolute Gasteiger partial charge is 0.269 e. The number of aryl methyl sites for hydroxylation is 1. The molecule has 0 radical (unpaired) electrons. The molecule has 6 nitrogen and oxygen atoms in total. The first-order chi connectivity index (χ1) is 16.5. The molecule has 1 fully saturated rings. The van der Waals surface area contributed by atoms with Crippen LogP contribution < -0.4 is 15.1 Å². The van der Waals surface area contributed by atoms with Gasteiger partial charge in [0.2, 0.25) is 16.7 Å². The quantitative estimate of drug-likeness (QED) is 0.596. The predicted octanol–water partition coefficient (Wildman–Crippen LogP) is 3.63. The topological polar surface area (TPSA) is 69.7 Å². The van der Waals surface area contributed by atoms with Gasteiger partial charge in [-0.25, -0.2) is 0 Å². The molecule has 5 rings (SSSR count). The minimum atomic E-state index is -1.20. The molecule has 1 N–H and O–H groups in total. The van der Waals surface area contributed by atoms with Gasteiger partial charge in [-0.05, 0) is 42.7 Å². The standard InChI is InChI=1S/C27H25N3O3S/c1-19-8-7-11-21(16-19)30-25(32)18-34-27(30)22-12-5-6-13-23(22)29(26(27)33)17-24(31)28-15-14-20-9-3-2-4-10-20/h2-13,16H,14-15,17-18H2,1H3,(H,28,31)/t27-/m0/s1. The highest BCUT2D eigenvalue weighted by Crippen LogP contribution is 2.55. The molecule has 2 heterocycles. The van der Waals surface area contributed by atoms with E-state index in [0.29, 0.717) is 24.3 Å². The maximum absolute atomic E-state index is 14.0. The van der Waals surface area contributed by atoms with E-state index in [9.17, 15) is 14.4 Å². The molecule has 1 saturated heterocycles. The van der Waals surface area contributed by atoms with Crippen molar-refractivity contribution in [3.63, 3.8) is 0 Å². The monoisotopic (exact) mass is 471 g/mol. The van der Waals surface area contributed by atoms with Gasteiger partial charge in [-0.15, -0.1) is 11.8 Å². The first kappa shape index (κ1) is 22.2. The molecular weight excluding hydrogens is 446 g/mol. The number of benzene rings is 3. The van der Waals surface area contributed by atoms with Gasteiger partial charge in [-0.1, -0.05) is 60.7 Å². The van der Waals surface area contributed by atoms with Crippen molar-refractivity contribution >= 4 is 40.9 Å². The highest BCUT2D eigenvalue weighted by Gasteiger charge is 2.61. The van der Waals surface area contributed by atoms with Crippen molar-refractivity contribution in [3.05, 3.63) is 95.6 Å². The molecule has 0 unspecified atom stereocenters. The van der Waals surface area contributed by atoms with Crippen LogP contribution >= 0.6 is 11.8 Å². The average molecular weight is 472 g/mol. The van der Waals surface area contributed by atoms with Crippen LogP contribution in [0.25, 0.3) is 0 Å². The van der Waals surface area contributed by atoms with Crippen molar-refractivity contribution < 1.29 is 14.4 Å². The molecule has 0 aliphatic carbocycles. The van der Waals surface area contributed by atoms with Crippen molar-refractivity contribution in [2.24, 2.45) is 0 Å². The number of hydrogen-bond donors (Lipinski definition) is 1. The van der Waals surface area contributed by atoms with Crippen LogP contribution in [0.4, 0.5) is 11.4 Å². The largest absolute Gasteiger partial charge is 0.354 e. The fourth-order valence-electron chi connectivity index (χ4n) is 4.67. The number of fused-ring (bicyclic) bond motifs is 2. The van der Waals surface area contributed by atoms with E-state index in [1.807, 2.05) is 85.8 Å². The fourth-order valence-corrected chi connectivity index (χ4v) is 6.03. The Labute approximate surface area is 202 Å². The van der Waals surface area contributed by atoms with E-state index in [-0.39, 0.29) is 30.0 Å². The van der Waals surface area contributed by atoms with Crippen molar-refractivity contribution in [1.82, 2.24) is 5.32 Å². The summed E-state index contributed by atoms with van der Waals surface area (Å²) >= 11 is 1.32. The molecule has 3 amide bonds. The van der Waals surface area contributed by atoms with E-state index >= 15 is 0 Å². The third kappa shape index (κ3) is 3.76. The highest BCUT2D eigenvalue weighted by molar-refractivity contribution is 8.02. The minimum absolute atomic E-state index is 0.0945. The van der Waals surface area contributed by atoms with Crippen molar-refractivity contribution in [1.29, 1.82) is 0 Å². The predicted molar refractivity (Wildman–Crippen MR) is 135 cm³/mol. The van der Waals surface area contributed by atoms with Crippen LogP contribution in [-0.2, 0) is 25.7 Å². The number of nitrogens with zero attached hydrogens (tertiary/aromatic N) is 2. The third-order valence-corrected chi connectivity index (χ3v) is 7.59. The fraction of sp³-hybridized carbons (Fsp3) is 0.222. The number of carbonyl (C=O) groups is 3. The Hall–Kier alpha value is -3.58. The van der Waals surface area contributed by atoms with Gasteiger partial charge in [0, 0.05) is 17.8 Å². The Kier molecular flexibility index (Phi) is 5.87. The van der Waals surface area contributed by atoms with E-state index in [1.54, 1.807) is 4.90 Å². The van der Waals surface area contributed by atoms with Crippen LogP contribution in [-0.4, -0.2) is 36.6 Å². The number of para-hydroxylation sites is 1. The first-order valence-corrected chi connectivity index (χ1v) is 12.2. The Morgan fingerprint density at radius 2 is 1.76 bits per heavy atom. The molecule has 3 aromatic carbocycles. The normalized spacial score (nSPS) is 19.1. The highest BCUT2D eigenvalue weighted by atomic mass is 32.2. The van der Waals surface area contributed by atoms with Crippen LogP contribution in [0.1, 0.15) is 16.7 Å².